The highest BCUT2D eigenvalue weighted by atomic mass is 19.3. The molecule has 0 unspecified atom stereocenters. The summed E-state index contributed by atoms with van der Waals surface area (Å²) in [6, 6.07) is 6.81. The topological polar surface area (TPSA) is 69.6 Å². The summed E-state index contributed by atoms with van der Waals surface area (Å²) in [5.74, 6) is -4.77. The molecule has 1 aliphatic carbocycles. The van der Waals surface area contributed by atoms with E-state index in [1.54, 1.807) is 24.3 Å². The van der Waals surface area contributed by atoms with Gasteiger partial charge < -0.3 is 15.5 Å². The Hall–Kier alpha value is -1.53. The Morgan fingerprint density at radius 2 is 2.04 bits per heavy atom. The lowest BCUT2D eigenvalue weighted by Crippen LogP contribution is -2.44. The Labute approximate surface area is 139 Å². The van der Waals surface area contributed by atoms with Crippen LogP contribution >= 0.6 is 0 Å². The van der Waals surface area contributed by atoms with Gasteiger partial charge in [0.25, 0.3) is 0 Å². The van der Waals surface area contributed by atoms with Gasteiger partial charge in [-0.15, -0.1) is 0 Å². The van der Waals surface area contributed by atoms with E-state index in [0.29, 0.717) is 12.3 Å². The molecular weight excluding hydrogens is 316 g/mol. The highest BCUT2D eigenvalue weighted by molar-refractivity contribution is 5.80. The van der Waals surface area contributed by atoms with Crippen molar-refractivity contribution in [2.45, 2.75) is 43.6 Å². The first-order valence-corrected chi connectivity index (χ1v) is 8.45. The van der Waals surface area contributed by atoms with Crippen molar-refractivity contribution >= 4 is 5.97 Å². The van der Waals surface area contributed by atoms with Gasteiger partial charge in [-0.1, -0.05) is 24.3 Å². The summed E-state index contributed by atoms with van der Waals surface area (Å²) < 4.78 is 27.2. The van der Waals surface area contributed by atoms with Gasteiger partial charge in [0.1, 0.15) is 0 Å². The standard InChI is InChI=1S/C18H23F2NO3/c19-17(20)8-7-14(9-17)18(24,16(22)23)15-4-2-1-3-13(15)6-5-12-10-21-11-12/h1-4,12,14,21,24H,5-11H2,(H,22,23)/t14-,18-/m1/s1. The molecular formula is C18H23F2NO3. The number of hydrogen-bond acceptors (Lipinski definition) is 3. The fourth-order valence-corrected chi connectivity index (χ4v) is 3.84. The molecule has 0 aromatic heterocycles. The lowest BCUT2D eigenvalue weighted by atomic mass is 9.77. The number of aliphatic hydroxyl groups is 1. The summed E-state index contributed by atoms with van der Waals surface area (Å²) in [5.41, 5.74) is -1.24. The molecule has 6 heteroatoms. The SMILES string of the molecule is O=C(O)[C@](O)(c1ccccc1CCC1CNC1)[C@@H]1CCC(F)(F)C1. The van der Waals surface area contributed by atoms with Gasteiger partial charge in [0.15, 0.2) is 5.60 Å². The Morgan fingerprint density at radius 1 is 1.33 bits per heavy atom. The van der Waals surface area contributed by atoms with E-state index in [4.69, 9.17) is 0 Å². The molecule has 2 aliphatic rings. The van der Waals surface area contributed by atoms with Crippen molar-refractivity contribution < 1.29 is 23.8 Å². The first-order chi connectivity index (χ1) is 11.3. The van der Waals surface area contributed by atoms with Crippen LogP contribution in [0.25, 0.3) is 0 Å². The number of hydrogen-bond donors (Lipinski definition) is 3. The summed E-state index contributed by atoms with van der Waals surface area (Å²) in [6.07, 6.45) is 0.582. The fourth-order valence-electron chi connectivity index (χ4n) is 3.84. The van der Waals surface area contributed by atoms with E-state index >= 15 is 0 Å². The maximum absolute atomic E-state index is 13.6. The fraction of sp³-hybridized carbons (Fsp3) is 0.611. The number of carbonyl (C=O) groups is 1. The van der Waals surface area contributed by atoms with Gasteiger partial charge in [-0.3, -0.25) is 0 Å². The zero-order chi connectivity index (χ0) is 17.4. The predicted molar refractivity (Wildman–Crippen MR) is 84.9 cm³/mol. The molecule has 1 saturated heterocycles. The Kier molecular flexibility index (Phi) is 4.62. The van der Waals surface area contributed by atoms with Gasteiger partial charge in [-0.05, 0) is 49.4 Å². The Bertz CT molecular complexity index is 618. The maximum atomic E-state index is 13.6. The molecule has 0 spiro atoms. The van der Waals surface area contributed by atoms with Gasteiger partial charge >= 0.3 is 5.97 Å². The minimum atomic E-state index is -2.90. The minimum absolute atomic E-state index is 0.0106. The van der Waals surface area contributed by atoms with E-state index < -0.39 is 29.8 Å². The second kappa shape index (κ2) is 6.41. The molecule has 1 heterocycles. The largest absolute Gasteiger partial charge is 0.479 e. The highest BCUT2D eigenvalue weighted by Crippen LogP contribution is 2.48. The first kappa shape index (κ1) is 17.3. The number of aryl methyl sites for hydroxylation is 1. The normalized spacial score (nSPS) is 25.9. The van der Waals surface area contributed by atoms with Crippen molar-refractivity contribution in [3.8, 4) is 0 Å². The molecule has 1 aliphatic heterocycles. The van der Waals surface area contributed by atoms with E-state index in [-0.39, 0.29) is 18.4 Å². The number of carboxylic acids is 1. The zero-order valence-electron chi connectivity index (χ0n) is 13.5. The molecule has 132 valence electrons. The monoisotopic (exact) mass is 339 g/mol. The van der Waals surface area contributed by atoms with Crippen LogP contribution in [0, 0.1) is 11.8 Å². The summed E-state index contributed by atoms with van der Waals surface area (Å²) >= 11 is 0. The van der Waals surface area contributed by atoms with Crippen molar-refractivity contribution in [1.82, 2.24) is 5.32 Å². The molecule has 2 atom stereocenters. The van der Waals surface area contributed by atoms with Gasteiger partial charge in [0.2, 0.25) is 5.92 Å². The molecule has 0 radical (unpaired) electrons. The van der Waals surface area contributed by atoms with Crippen LogP contribution in [-0.4, -0.2) is 35.2 Å². The lowest BCUT2D eigenvalue weighted by Gasteiger charge is -2.33. The Balaban J connectivity index is 1.89. The first-order valence-electron chi connectivity index (χ1n) is 8.45. The van der Waals surface area contributed by atoms with Crippen molar-refractivity contribution in [3.05, 3.63) is 35.4 Å². The Morgan fingerprint density at radius 3 is 2.58 bits per heavy atom. The summed E-state index contributed by atoms with van der Waals surface area (Å²) in [6.45, 7) is 1.89. The maximum Gasteiger partial charge on any atom is 0.340 e. The van der Waals surface area contributed by atoms with Crippen molar-refractivity contribution in [3.63, 3.8) is 0 Å². The van der Waals surface area contributed by atoms with E-state index in [2.05, 4.69) is 5.32 Å². The van der Waals surface area contributed by atoms with Crippen molar-refractivity contribution in [2.75, 3.05) is 13.1 Å². The number of rotatable bonds is 6. The second-order valence-electron chi connectivity index (χ2n) is 7.09. The molecule has 24 heavy (non-hydrogen) atoms. The minimum Gasteiger partial charge on any atom is -0.479 e. The highest BCUT2D eigenvalue weighted by Gasteiger charge is 2.54. The summed E-state index contributed by atoms with van der Waals surface area (Å²) in [4.78, 5) is 11.9. The van der Waals surface area contributed by atoms with Crippen LogP contribution in [0.3, 0.4) is 0 Å². The number of aliphatic carboxylic acids is 1. The van der Waals surface area contributed by atoms with Crippen LogP contribution in [0.1, 0.15) is 36.8 Å². The van der Waals surface area contributed by atoms with Crippen LogP contribution in [-0.2, 0) is 16.8 Å². The summed E-state index contributed by atoms with van der Waals surface area (Å²) in [7, 11) is 0. The number of carboxylic acid groups (broad SMARTS) is 1. The van der Waals surface area contributed by atoms with Gasteiger partial charge in [-0.2, -0.15) is 0 Å². The second-order valence-corrected chi connectivity index (χ2v) is 7.09. The molecule has 1 aromatic rings. The quantitative estimate of drug-likeness (QED) is 0.745. The third-order valence-corrected chi connectivity index (χ3v) is 5.44. The summed E-state index contributed by atoms with van der Waals surface area (Å²) in [5, 5.41) is 23.8. The van der Waals surface area contributed by atoms with E-state index in [1.807, 2.05) is 0 Å². The smallest absolute Gasteiger partial charge is 0.340 e. The number of benzene rings is 1. The molecule has 3 rings (SSSR count). The molecule has 2 fully saturated rings. The van der Waals surface area contributed by atoms with Crippen LogP contribution in [0.4, 0.5) is 8.78 Å². The average molecular weight is 339 g/mol. The van der Waals surface area contributed by atoms with Crippen LogP contribution in [0.15, 0.2) is 24.3 Å². The third-order valence-electron chi connectivity index (χ3n) is 5.44. The number of alkyl halides is 2. The van der Waals surface area contributed by atoms with E-state index in [9.17, 15) is 23.8 Å². The third kappa shape index (κ3) is 3.17. The average Bonchev–Trinajstić information content (AvgIpc) is 2.85. The van der Waals surface area contributed by atoms with Crippen molar-refractivity contribution in [1.29, 1.82) is 0 Å². The predicted octanol–water partition coefficient (Wildman–Crippen LogP) is 2.55. The van der Waals surface area contributed by atoms with Crippen molar-refractivity contribution in [2.24, 2.45) is 11.8 Å². The number of halogens is 2. The molecule has 1 aromatic carbocycles. The van der Waals surface area contributed by atoms with E-state index in [1.165, 1.54) is 0 Å². The zero-order valence-corrected chi connectivity index (χ0v) is 13.5. The van der Waals surface area contributed by atoms with E-state index in [0.717, 1.165) is 25.1 Å². The molecule has 0 bridgehead atoms. The number of nitrogens with one attached hydrogen (secondary N) is 1. The van der Waals surface area contributed by atoms with Gasteiger partial charge in [0.05, 0.1) is 0 Å². The van der Waals surface area contributed by atoms with Crippen LogP contribution < -0.4 is 5.32 Å². The molecule has 1 saturated carbocycles. The lowest BCUT2D eigenvalue weighted by molar-refractivity contribution is -0.167. The molecule has 0 amide bonds. The molecule has 4 nitrogen and oxygen atoms in total. The van der Waals surface area contributed by atoms with Gasteiger partial charge in [0, 0.05) is 18.8 Å². The van der Waals surface area contributed by atoms with Gasteiger partial charge in [-0.25, -0.2) is 13.6 Å². The molecule has 3 N–H and O–H groups in total. The van der Waals surface area contributed by atoms with Crippen LogP contribution in [0.2, 0.25) is 0 Å². The van der Waals surface area contributed by atoms with Crippen LogP contribution in [0.5, 0.6) is 0 Å².